The van der Waals surface area contributed by atoms with Crippen molar-refractivity contribution in [2.24, 2.45) is 4.99 Å². The van der Waals surface area contributed by atoms with Crippen LogP contribution in [-0.2, 0) is 0 Å². The van der Waals surface area contributed by atoms with Crippen molar-refractivity contribution in [1.82, 2.24) is 0 Å². The molecule has 0 radical (unpaired) electrons. The number of nitrogens with zero attached hydrogens (tertiary/aromatic N) is 1. The van der Waals surface area contributed by atoms with Gasteiger partial charge in [-0.3, -0.25) is 4.99 Å². The number of nitrogens with one attached hydrogen (secondary N) is 1. The average molecular weight is 371 g/mol. The van der Waals surface area contributed by atoms with Gasteiger partial charge in [-0.2, -0.15) is 0 Å². The fourth-order valence-electron chi connectivity index (χ4n) is 2.56. The lowest BCUT2D eigenvalue weighted by Gasteiger charge is -2.12. The second kappa shape index (κ2) is 9.16. The van der Waals surface area contributed by atoms with Crippen LogP contribution in [0.4, 0.5) is 11.4 Å². The Morgan fingerprint density at radius 3 is 2.16 bits per heavy atom. The summed E-state index contributed by atoms with van der Waals surface area (Å²) in [5.74, 6) is 0. The van der Waals surface area contributed by atoms with Crippen LogP contribution < -0.4 is 5.32 Å². The lowest BCUT2D eigenvalue weighted by atomic mass is 10.2. The molecule has 0 amide bonds. The van der Waals surface area contributed by atoms with E-state index in [4.69, 9.17) is 4.99 Å². The predicted molar refractivity (Wildman–Crippen MR) is 116 cm³/mol. The molecule has 0 aliphatic carbocycles. The molecule has 0 saturated heterocycles. The van der Waals surface area contributed by atoms with Crippen LogP contribution in [0.5, 0.6) is 0 Å². The highest BCUT2D eigenvalue weighted by Gasteiger charge is 2.03. The normalized spacial score (nSPS) is 12.4. The summed E-state index contributed by atoms with van der Waals surface area (Å²) in [6.45, 7) is 8.35. The predicted octanol–water partition coefficient (Wildman–Crippen LogP) is 6.86. The van der Waals surface area contributed by atoms with Gasteiger partial charge in [0.05, 0.1) is 11.4 Å². The van der Waals surface area contributed by atoms with Gasteiger partial charge in [-0.1, -0.05) is 12.1 Å². The SMILES string of the molecule is CSc1cc(C)ccc1/N=C(C)/C=C(/C)Nc1ccc(C)cc1SC. The van der Waals surface area contributed by atoms with E-state index in [0.717, 1.165) is 22.8 Å². The van der Waals surface area contributed by atoms with Gasteiger partial charge in [-0.05, 0) is 81.7 Å². The Morgan fingerprint density at radius 1 is 0.920 bits per heavy atom. The van der Waals surface area contributed by atoms with Crippen molar-refractivity contribution in [2.45, 2.75) is 37.5 Å². The summed E-state index contributed by atoms with van der Waals surface area (Å²) in [6, 6.07) is 12.9. The quantitative estimate of drug-likeness (QED) is 0.444. The van der Waals surface area contributed by atoms with E-state index in [1.54, 1.807) is 23.5 Å². The van der Waals surface area contributed by atoms with E-state index in [0.29, 0.717) is 0 Å². The summed E-state index contributed by atoms with van der Waals surface area (Å²) in [6.07, 6.45) is 6.29. The number of aliphatic imine (C=N–C) groups is 1. The van der Waals surface area contributed by atoms with Crippen molar-refractivity contribution in [3.63, 3.8) is 0 Å². The van der Waals surface area contributed by atoms with Crippen LogP contribution in [0, 0.1) is 13.8 Å². The number of anilines is 1. The molecular formula is C21H26N2S2. The molecule has 2 aromatic carbocycles. The Balaban J connectivity index is 2.22. The minimum absolute atomic E-state index is 0.988. The van der Waals surface area contributed by atoms with Crippen LogP contribution in [0.25, 0.3) is 0 Å². The largest absolute Gasteiger partial charge is 0.358 e. The standard InChI is InChI=1S/C21H26N2S2/c1-14-7-9-18(20(11-14)24-5)22-16(3)13-17(4)23-19-10-8-15(2)12-21(19)25-6/h7-13,22H,1-6H3/b16-13-,23-17+. The minimum Gasteiger partial charge on any atom is -0.358 e. The zero-order chi connectivity index (χ0) is 18.4. The summed E-state index contributed by atoms with van der Waals surface area (Å²) >= 11 is 3.49. The topological polar surface area (TPSA) is 24.4 Å². The fourth-order valence-corrected chi connectivity index (χ4v) is 3.83. The van der Waals surface area contributed by atoms with E-state index in [-0.39, 0.29) is 0 Å². The molecule has 1 N–H and O–H groups in total. The van der Waals surface area contributed by atoms with E-state index < -0.39 is 0 Å². The number of hydrogen-bond donors (Lipinski definition) is 1. The van der Waals surface area contributed by atoms with Crippen molar-refractivity contribution >= 4 is 40.6 Å². The second-order valence-corrected chi connectivity index (χ2v) is 7.78. The smallest absolute Gasteiger partial charge is 0.0768 e. The maximum Gasteiger partial charge on any atom is 0.0768 e. The van der Waals surface area contributed by atoms with Crippen molar-refractivity contribution in [3.8, 4) is 0 Å². The van der Waals surface area contributed by atoms with Crippen LogP contribution >= 0.6 is 23.5 Å². The molecule has 4 heteroatoms. The van der Waals surface area contributed by atoms with E-state index >= 15 is 0 Å². The molecule has 0 saturated carbocycles. The molecule has 0 aliphatic rings. The molecule has 0 aliphatic heterocycles. The fraction of sp³-hybridized carbons (Fsp3) is 0.286. The molecule has 0 atom stereocenters. The van der Waals surface area contributed by atoms with Gasteiger partial charge < -0.3 is 5.32 Å². The zero-order valence-corrected chi connectivity index (χ0v) is 17.4. The van der Waals surface area contributed by atoms with E-state index in [2.05, 4.69) is 81.1 Å². The molecule has 2 aromatic rings. The van der Waals surface area contributed by atoms with Crippen LogP contribution in [0.1, 0.15) is 25.0 Å². The van der Waals surface area contributed by atoms with Crippen LogP contribution in [0.2, 0.25) is 0 Å². The van der Waals surface area contributed by atoms with Crippen molar-refractivity contribution < 1.29 is 0 Å². The first-order valence-corrected chi connectivity index (χ1v) is 10.7. The maximum atomic E-state index is 4.78. The van der Waals surface area contributed by atoms with Crippen molar-refractivity contribution in [1.29, 1.82) is 0 Å². The number of thioether (sulfide) groups is 2. The lowest BCUT2D eigenvalue weighted by Crippen LogP contribution is -2.00. The molecule has 0 unspecified atom stereocenters. The maximum absolute atomic E-state index is 4.78. The van der Waals surface area contributed by atoms with Gasteiger partial charge >= 0.3 is 0 Å². The van der Waals surface area contributed by atoms with Crippen LogP contribution in [0.3, 0.4) is 0 Å². The van der Waals surface area contributed by atoms with Gasteiger partial charge in [-0.15, -0.1) is 23.5 Å². The number of aryl methyl sites for hydroxylation is 2. The third-order valence-corrected chi connectivity index (χ3v) is 5.29. The molecular weight excluding hydrogens is 344 g/mol. The molecule has 132 valence electrons. The highest BCUT2D eigenvalue weighted by Crippen LogP contribution is 2.30. The molecule has 25 heavy (non-hydrogen) atoms. The Labute approximate surface area is 160 Å². The third kappa shape index (κ3) is 5.68. The van der Waals surface area contributed by atoms with Gasteiger partial charge in [0.2, 0.25) is 0 Å². The van der Waals surface area contributed by atoms with Gasteiger partial charge in [0.25, 0.3) is 0 Å². The van der Waals surface area contributed by atoms with Crippen molar-refractivity contribution in [2.75, 3.05) is 17.8 Å². The third-order valence-electron chi connectivity index (χ3n) is 3.75. The Morgan fingerprint density at radius 2 is 1.52 bits per heavy atom. The molecule has 2 nitrogen and oxygen atoms in total. The first kappa shape index (κ1) is 19.7. The Kier molecular flexibility index (Phi) is 7.21. The number of hydrogen-bond acceptors (Lipinski definition) is 4. The van der Waals surface area contributed by atoms with E-state index in [1.807, 2.05) is 6.92 Å². The number of allylic oxidation sites excluding steroid dienone is 2. The van der Waals surface area contributed by atoms with Crippen LogP contribution in [0.15, 0.2) is 63.0 Å². The summed E-state index contributed by atoms with van der Waals surface area (Å²) in [5, 5.41) is 3.50. The van der Waals surface area contributed by atoms with Gasteiger partial charge in [0, 0.05) is 21.2 Å². The van der Waals surface area contributed by atoms with Gasteiger partial charge in [0.15, 0.2) is 0 Å². The zero-order valence-electron chi connectivity index (χ0n) is 15.8. The molecule has 2 rings (SSSR count). The lowest BCUT2D eigenvalue weighted by molar-refractivity contribution is 1.29. The highest BCUT2D eigenvalue weighted by atomic mass is 32.2. The molecule has 0 fully saturated rings. The molecule has 0 aromatic heterocycles. The first-order valence-electron chi connectivity index (χ1n) is 8.23. The first-order chi connectivity index (χ1) is 11.9. The van der Waals surface area contributed by atoms with Gasteiger partial charge in [0.1, 0.15) is 0 Å². The summed E-state index contributed by atoms with van der Waals surface area (Å²) < 4.78 is 0. The highest BCUT2D eigenvalue weighted by molar-refractivity contribution is 7.99. The van der Waals surface area contributed by atoms with Crippen LogP contribution in [-0.4, -0.2) is 18.2 Å². The minimum atomic E-state index is 0.988. The second-order valence-electron chi connectivity index (χ2n) is 6.08. The van der Waals surface area contributed by atoms with Gasteiger partial charge in [-0.25, -0.2) is 0 Å². The summed E-state index contributed by atoms with van der Waals surface area (Å²) in [4.78, 5) is 7.25. The summed E-state index contributed by atoms with van der Waals surface area (Å²) in [5.41, 5.74) is 6.77. The number of benzene rings is 2. The Bertz CT molecular complexity index is 808. The molecule has 0 bridgehead atoms. The van der Waals surface area contributed by atoms with E-state index in [9.17, 15) is 0 Å². The molecule has 0 spiro atoms. The Hall–Kier alpha value is -1.65. The average Bonchev–Trinajstić information content (AvgIpc) is 2.57. The monoisotopic (exact) mass is 370 g/mol. The van der Waals surface area contributed by atoms with Crippen molar-refractivity contribution in [3.05, 3.63) is 59.3 Å². The summed E-state index contributed by atoms with van der Waals surface area (Å²) in [7, 11) is 0. The van der Waals surface area contributed by atoms with E-state index in [1.165, 1.54) is 20.9 Å². The molecule has 0 heterocycles. The number of rotatable bonds is 6.